The van der Waals surface area contributed by atoms with Crippen LogP contribution in [-0.2, 0) is 0 Å². The summed E-state index contributed by atoms with van der Waals surface area (Å²) in [5.74, 6) is 0.994. The van der Waals surface area contributed by atoms with Gasteiger partial charge in [-0.25, -0.2) is 0 Å². The van der Waals surface area contributed by atoms with Crippen LogP contribution in [0.25, 0.3) is 0 Å². The van der Waals surface area contributed by atoms with Crippen LogP contribution in [0.5, 0.6) is 0 Å². The predicted molar refractivity (Wildman–Crippen MR) is 113 cm³/mol. The topological polar surface area (TPSA) is 42.9 Å². The summed E-state index contributed by atoms with van der Waals surface area (Å²) in [6.45, 7) is 11.0. The minimum absolute atomic E-state index is 0.582. The van der Waals surface area contributed by atoms with E-state index in [1.165, 1.54) is 103 Å². The molecule has 0 amide bonds. The van der Waals surface area contributed by atoms with E-state index in [9.17, 15) is 0 Å². The summed E-state index contributed by atoms with van der Waals surface area (Å²) in [7, 11) is 1.89. The van der Waals surface area contributed by atoms with Gasteiger partial charge in [-0.2, -0.15) is 0 Å². The monoisotopic (exact) mass is 365 g/mol. The first kappa shape index (κ1) is 21.5. The van der Waals surface area contributed by atoms with Crippen molar-refractivity contribution in [1.82, 2.24) is 20.4 Å². The van der Waals surface area contributed by atoms with Gasteiger partial charge in [-0.3, -0.25) is 4.99 Å². The minimum Gasteiger partial charge on any atom is -0.356 e. The number of aliphatic imine (C=N–C) groups is 1. The van der Waals surface area contributed by atoms with E-state index in [0.717, 1.165) is 12.5 Å². The second kappa shape index (κ2) is 13.4. The molecule has 2 fully saturated rings. The smallest absolute Gasteiger partial charge is 0.191 e. The second-order valence-corrected chi connectivity index (χ2v) is 8.08. The Morgan fingerprint density at radius 2 is 1.58 bits per heavy atom. The fraction of sp³-hybridized carbons (Fsp3) is 0.952. The Morgan fingerprint density at radius 1 is 0.885 bits per heavy atom. The molecule has 5 heteroatoms. The molecule has 0 bridgehead atoms. The Hall–Kier alpha value is -0.810. The maximum absolute atomic E-state index is 4.41. The Balaban J connectivity index is 1.49. The normalized spacial score (nSPS) is 21.1. The summed E-state index contributed by atoms with van der Waals surface area (Å²) in [6.07, 6.45) is 13.2. The molecule has 152 valence electrons. The molecule has 2 N–H and O–H groups in total. The first-order valence-electron chi connectivity index (χ1n) is 11.2. The molecule has 0 unspecified atom stereocenters. The van der Waals surface area contributed by atoms with E-state index >= 15 is 0 Å². The van der Waals surface area contributed by atoms with Crippen LogP contribution >= 0.6 is 0 Å². The SMILES string of the molecule is CCCCN1CCC(NC(=NC)NCCCCCN2CCCCC2)CC1. The van der Waals surface area contributed by atoms with Gasteiger partial charge in [-0.05, 0) is 71.1 Å². The van der Waals surface area contributed by atoms with Crippen molar-refractivity contribution in [3.63, 3.8) is 0 Å². The molecule has 2 aliphatic heterocycles. The maximum atomic E-state index is 4.41. The highest BCUT2D eigenvalue weighted by Gasteiger charge is 2.19. The molecule has 0 saturated carbocycles. The van der Waals surface area contributed by atoms with Gasteiger partial charge >= 0.3 is 0 Å². The molecule has 0 radical (unpaired) electrons. The van der Waals surface area contributed by atoms with Gasteiger partial charge in [0.2, 0.25) is 0 Å². The van der Waals surface area contributed by atoms with Gasteiger partial charge < -0.3 is 20.4 Å². The van der Waals surface area contributed by atoms with Gasteiger partial charge in [-0.15, -0.1) is 0 Å². The number of likely N-dealkylation sites (tertiary alicyclic amines) is 2. The average molecular weight is 366 g/mol. The highest BCUT2D eigenvalue weighted by molar-refractivity contribution is 5.79. The molecule has 2 rings (SSSR count). The van der Waals surface area contributed by atoms with Crippen LogP contribution in [-0.4, -0.2) is 74.7 Å². The number of hydrogen-bond donors (Lipinski definition) is 2. The summed E-state index contributed by atoms with van der Waals surface area (Å²) in [4.78, 5) is 9.67. The van der Waals surface area contributed by atoms with Crippen molar-refractivity contribution in [2.75, 3.05) is 52.9 Å². The summed E-state index contributed by atoms with van der Waals surface area (Å²) in [5.41, 5.74) is 0. The van der Waals surface area contributed by atoms with E-state index in [4.69, 9.17) is 0 Å². The lowest BCUT2D eigenvalue weighted by atomic mass is 10.0. The van der Waals surface area contributed by atoms with Gasteiger partial charge in [0.1, 0.15) is 0 Å². The summed E-state index contributed by atoms with van der Waals surface area (Å²) < 4.78 is 0. The van der Waals surface area contributed by atoms with Crippen LogP contribution in [0.4, 0.5) is 0 Å². The molecule has 26 heavy (non-hydrogen) atoms. The zero-order chi connectivity index (χ0) is 18.5. The lowest BCUT2D eigenvalue weighted by molar-refractivity contribution is 0.203. The molecule has 5 nitrogen and oxygen atoms in total. The largest absolute Gasteiger partial charge is 0.356 e. The Morgan fingerprint density at radius 3 is 2.27 bits per heavy atom. The first-order valence-corrected chi connectivity index (χ1v) is 11.2. The van der Waals surface area contributed by atoms with Gasteiger partial charge in [-0.1, -0.05) is 26.2 Å². The number of nitrogens with zero attached hydrogens (tertiary/aromatic N) is 3. The van der Waals surface area contributed by atoms with Crippen LogP contribution < -0.4 is 10.6 Å². The van der Waals surface area contributed by atoms with E-state index in [-0.39, 0.29) is 0 Å². The Kier molecular flexibility index (Phi) is 11.1. The van der Waals surface area contributed by atoms with Crippen molar-refractivity contribution in [2.24, 2.45) is 4.99 Å². The molecular weight excluding hydrogens is 322 g/mol. The van der Waals surface area contributed by atoms with E-state index < -0.39 is 0 Å². The highest BCUT2D eigenvalue weighted by Crippen LogP contribution is 2.11. The third-order valence-corrected chi connectivity index (χ3v) is 5.87. The quantitative estimate of drug-likeness (QED) is 0.355. The van der Waals surface area contributed by atoms with E-state index in [0.29, 0.717) is 6.04 Å². The van der Waals surface area contributed by atoms with Crippen molar-refractivity contribution in [2.45, 2.75) is 77.2 Å². The fourth-order valence-electron chi connectivity index (χ4n) is 4.10. The van der Waals surface area contributed by atoms with Crippen molar-refractivity contribution >= 4 is 5.96 Å². The fourth-order valence-corrected chi connectivity index (χ4v) is 4.10. The average Bonchev–Trinajstić information content (AvgIpc) is 2.69. The van der Waals surface area contributed by atoms with Crippen LogP contribution in [0, 0.1) is 0 Å². The summed E-state index contributed by atoms with van der Waals surface area (Å²) in [5, 5.41) is 7.14. The molecule has 0 aliphatic carbocycles. The van der Waals surface area contributed by atoms with Crippen molar-refractivity contribution < 1.29 is 0 Å². The summed E-state index contributed by atoms with van der Waals surface area (Å²) >= 11 is 0. The number of piperidine rings is 2. The van der Waals surface area contributed by atoms with Crippen molar-refractivity contribution in [1.29, 1.82) is 0 Å². The van der Waals surface area contributed by atoms with E-state index in [2.05, 4.69) is 32.3 Å². The lowest BCUT2D eigenvalue weighted by Gasteiger charge is -2.33. The molecule has 0 spiro atoms. The highest BCUT2D eigenvalue weighted by atomic mass is 15.2. The van der Waals surface area contributed by atoms with Crippen LogP contribution in [0.3, 0.4) is 0 Å². The number of hydrogen-bond acceptors (Lipinski definition) is 3. The third kappa shape index (κ3) is 8.72. The van der Waals surface area contributed by atoms with Gasteiger partial charge in [0.15, 0.2) is 5.96 Å². The Bertz CT molecular complexity index is 371. The number of nitrogens with one attached hydrogen (secondary N) is 2. The number of rotatable bonds is 10. The van der Waals surface area contributed by atoms with E-state index in [1.54, 1.807) is 0 Å². The molecule has 2 aliphatic rings. The summed E-state index contributed by atoms with van der Waals surface area (Å²) in [6, 6.07) is 0.582. The molecule has 0 aromatic carbocycles. The number of guanidine groups is 1. The van der Waals surface area contributed by atoms with Gasteiger partial charge in [0.05, 0.1) is 0 Å². The first-order chi connectivity index (χ1) is 12.8. The molecule has 2 saturated heterocycles. The van der Waals surface area contributed by atoms with Crippen LogP contribution in [0.2, 0.25) is 0 Å². The zero-order valence-electron chi connectivity index (χ0n) is 17.4. The lowest BCUT2D eigenvalue weighted by Crippen LogP contribution is -2.48. The molecule has 0 aromatic rings. The van der Waals surface area contributed by atoms with Crippen molar-refractivity contribution in [3.8, 4) is 0 Å². The third-order valence-electron chi connectivity index (χ3n) is 5.87. The number of unbranched alkanes of at least 4 members (excludes halogenated alkanes) is 3. The van der Waals surface area contributed by atoms with Gasteiger partial charge in [0.25, 0.3) is 0 Å². The second-order valence-electron chi connectivity index (χ2n) is 8.08. The standard InChI is InChI=1S/C21H43N5/c1-3-4-14-26-18-11-20(12-19-26)24-21(22-2)23-13-7-5-8-15-25-16-9-6-10-17-25/h20H,3-19H2,1-2H3,(H2,22,23,24). The minimum atomic E-state index is 0.582. The molecule has 2 heterocycles. The van der Waals surface area contributed by atoms with Gasteiger partial charge in [0, 0.05) is 32.7 Å². The zero-order valence-corrected chi connectivity index (χ0v) is 17.4. The predicted octanol–water partition coefficient (Wildman–Crippen LogP) is 3.07. The van der Waals surface area contributed by atoms with Crippen LogP contribution in [0.1, 0.15) is 71.1 Å². The Labute approximate surface area is 162 Å². The molecule has 0 aromatic heterocycles. The van der Waals surface area contributed by atoms with Crippen LogP contribution in [0.15, 0.2) is 4.99 Å². The maximum Gasteiger partial charge on any atom is 0.191 e. The molecule has 0 atom stereocenters. The van der Waals surface area contributed by atoms with E-state index in [1.807, 2.05) is 7.05 Å². The van der Waals surface area contributed by atoms with Crippen molar-refractivity contribution in [3.05, 3.63) is 0 Å². The molecular formula is C21H43N5.